The van der Waals surface area contributed by atoms with E-state index < -0.39 is 11.6 Å². The molecule has 0 radical (unpaired) electrons. The van der Waals surface area contributed by atoms with Crippen LogP contribution in [0.5, 0.6) is 5.75 Å². The Labute approximate surface area is 134 Å². The van der Waals surface area contributed by atoms with Crippen molar-refractivity contribution in [3.8, 4) is 5.75 Å². The summed E-state index contributed by atoms with van der Waals surface area (Å²) >= 11 is 3.32. The SMILES string of the molecule is O=C(NCCOc1ccc(F)c(F)c1)Nc1ccccc1Br. The molecule has 2 amide bonds. The highest BCUT2D eigenvalue weighted by Crippen LogP contribution is 2.20. The fraction of sp³-hybridized carbons (Fsp3) is 0.133. The molecule has 0 aliphatic heterocycles. The normalized spacial score (nSPS) is 10.1. The molecule has 0 atom stereocenters. The van der Waals surface area contributed by atoms with E-state index in [0.29, 0.717) is 5.69 Å². The molecule has 22 heavy (non-hydrogen) atoms. The number of carbonyl (C=O) groups is 1. The van der Waals surface area contributed by atoms with Crippen molar-refractivity contribution < 1.29 is 18.3 Å². The van der Waals surface area contributed by atoms with E-state index >= 15 is 0 Å². The summed E-state index contributed by atoms with van der Waals surface area (Å²) in [5, 5.41) is 5.25. The number of carbonyl (C=O) groups excluding carboxylic acids is 1. The zero-order valence-corrected chi connectivity index (χ0v) is 13.0. The number of rotatable bonds is 5. The fourth-order valence-corrected chi connectivity index (χ4v) is 2.01. The predicted octanol–water partition coefficient (Wildman–Crippen LogP) is 3.93. The zero-order chi connectivity index (χ0) is 15.9. The molecule has 0 bridgehead atoms. The topological polar surface area (TPSA) is 50.4 Å². The van der Waals surface area contributed by atoms with Crippen LogP contribution in [0.15, 0.2) is 46.9 Å². The van der Waals surface area contributed by atoms with Crippen molar-refractivity contribution in [2.75, 3.05) is 18.5 Å². The van der Waals surface area contributed by atoms with E-state index in [4.69, 9.17) is 4.74 Å². The molecule has 4 nitrogen and oxygen atoms in total. The van der Waals surface area contributed by atoms with Crippen molar-refractivity contribution in [3.05, 3.63) is 58.6 Å². The Morgan fingerprint density at radius 3 is 2.64 bits per heavy atom. The molecule has 0 saturated heterocycles. The van der Waals surface area contributed by atoms with Gasteiger partial charge in [0.05, 0.1) is 12.2 Å². The van der Waals surface area contributed by atoms with Crippen LogP contribution in [0.1, 0.15) is 0 Å². The number of hydrogen-bond acceptors (Lipinski definition) is 2. The van der Waals surface area contributed by atoms with Gasteiger partial charge in [0, 0.05) is 10.5 Å². The Balaban J connectivity index is 1.73. The van der Waals surface area contributed by atoms with Crippen molar-refractivity contribution in [2.24, 2.45) is 0 Å². The number of nitrogens with one attached hydrogen (secondary N) is 2. The second-order valence-electron chi connectivity index (χ2n) is 4.29. The Morgan fingerprint density at radius 2 is 1.91 bits per heavy atom. The van der Waals surface area contributed by atoms with Gasteiger partial charge in [-0.25, -0.2) is 13.6 Å². The Hall–Kier alpha value is -2.15. The molecule has 0 spiro atoms. The van der Waals surface area contributed by atoms with E-state index in [1.807, 2.05) is 12.1 Å². The Bertz CT molecular complexity index is 668. The summed E-state index contributed by atoms with van der Waals surface area (Å²) in [6.45, 7) is 0.351. The van der Waals surface area contributed by atoms with Crippen LogP contribution in [0.25, 0.3) is 0 Å². The average molecular weight is 371 g/mol. The predicted molar refractivity (Wildman–Crippen MR) is 83.0 cm³/mol. The van der Waals surface area contributed by atoms with Gasteiger partial charge in [0.25, 0.3) is 0 Å². The number of para-hydroxylation sites is 1. The lowest BCUT2D eigenvalue weighted by molar-refractivity contribution is 0.247. The number of ether oxygens (including phenoxy) is 1. The van der Waals surface area contributed by atoms with Crippen LogP contribution in [0.2, 0.25) is 0 Å². The number of halogens is 3. The number of benzene rings is 2. The van der Waals surface area contributed by atoms with Gasteiger partial charge in [-0.2, -0.15) is 0 Å². The minimum atomic E-state index is -0.975. The maximum atomic E-state index is 13.0. The van der Waals surface area contributed by atoms with E-state index in [-0.39, 0.29) is 24.9 Å². The number of hydrogen-bond donors (Lipinski definition) is 2. The first-order chi connectivity index (χ1) is 10.6. The van der Waals surface area contributed by atoms with Crippen LogP contribution in [-0.4, -0.2) is 19.2 Å². The Morgan fingerprint density at radius 1 is 1.14 bits per heavy atom. The average Bonchev–Trinajstić information content (AvgIpc) is 2.49. The van der Waals surface area contributed by atoms with E-state index in [1.165, 1.54) is 6.07 Å². The molecule has 2 rings (SSSR count). The summed E-state index contributed by atoms with van der Waals surface area (Å²) in [6.07, 6.45) is 0. The third kappa shape index (κ3) is 4.70. The first-order valence-electron chi connectivity index (χ1n) is 6.43. The van der Waals surface area contributed by atoms with Crippen LogP contribution >= 0.6 is 15.9 Å². The van der Waals surface area contributed by atoms with Crippen molar-refractivity contribution >= 4 is 27.6 Å². The van der Waals surface area contributed by atoms with Gasteiger partial charge in [0.15, 0.2) is 11.6 Å². The van der Waals surface area contributed by atoms with Crippen LogP contribution in [0.4, 0.5) is 19.3 Å². The molecule has 0 aliphatic carbocycles. The van der Waals surface area contributed by atoms with Gasteiger partial charge in [-0.05, 0) is 40.2 Å². The summed E-state index contributed by atoms with van der Waals surface area (Å²) in [5.41, 5.74) is 0.640. The number of urea groups is 1. The van der Waals surface area contributed by atoms with Crippen LogP contribution in [0, 0.1) is 11.6 Å². The van der Waals surface area contributed by atoms with Crippen LogP contribution in [-0.2, 0) is 0 Å². The van der Waals surface area contributed by atoms with Gasteiger partial charge in [-0.15, -0.1) is 0 Å². The molecule has 2 aromatic rings. The van der Waals surface area contributed by atoms with Gasteiger partial charge >= 0.3 is 6.03 Å². The van der Waals surface area contributed by atoms with E-state index in [9.17, 15) is 13.6 Å². The largest absolute Gasteiger partial charge is 0.492 e. The first-order valence-corrected chi connectivity index (χ1v) is 7.23. The van der Waals surface area contributed by atoms with Gasteiger partial charge in [-0.1, -0.05) is 12.1 Å². The smallest absolute Gasteiger partial charge is 0.319 e. The van der Waals surface area contributed by atoms with Crippen LogP contribution in [0.3, 0.4) is 0 Å². The molecule has 2 aromatic carbocycles. The van der Waals surface area contributed by atoms with Crippen molar-refractivity contribution in [2.45, 2.75) is 0 Å². The summed E-state index contributed by atoms with van der Waals surface area (Å²) in [7, 11) is 0. The van der Waals surface area contributed by atoms with Gasteiger partial charge in [0.1, 0.15) is 12.4 Å². The Kier molecular flexibility index (Phi) is 5.71. The highest BCUT2D eigenvalue weighted by Gasteiger charge is 2.05. The molecule has 0 aliphatic rings. The summed E-state index contributed by atoms with van der Waals surface area (Å²) in [4.78, 5) is 11.7. The lowest BCUT2D eigenvalue weighted by Gasteiger charge is -2.10. The first kappa shape index (κ1) is 16.2. The summed E-state index contributed by atoms with van der Waals surface area (Å²) < 4.78 is 31.7. The van der Waals surface area contributed by atoms with Gasteiger partial charge < -0.3 is 15.4 Å². The van der Waals surface area contributed by atoms with E-state index in [0.717, 1.165) is 16.6 Å². The molecule has 2 N–H and O–H groups in total. The zero-order valence-electron chi connectivity index (χ0n) is 11.4. The molecular weight excluding hydrogens is 358 g/mol. The maximum absolute atomic E-state index is 13.0. The van der Waals surface area contributed by atoms with Crippen molar-refractivity contribution in [1.82, 2.24) is 5.32 Å². The molecular formula is C15H13BrF2N2O2. The molecule has 0 unspecified atom stereocenters. The van der Waals surface area contributed by atoms with E-state index in [1.54, 1.807) is 12.1 Å². The molecule has 0 saturated carbocycles. The van der Waals surface area contributed by atoms with Crippen molar-refractivity contribution in [1.29, 1.82) is 0 Å². The van der Waals surface area contributed by atoms with Crippen LogP contribution < -0.4 is 15.4 Å². The molecule has 7 heteroatoms. The lowest BCUT2D eigenvalue weighted by Crippen LogP contribution is -2.32. The number of anilines is 1. The molecule has 116 valence electrons. The third-order valence-electron chi connectivity index (χ3n) is 2.67. The highest BCUT2D eigenvalue weighted by molar-refractivity contribution is 9.10. The second kappa shape index (κ2) is 7.74. The lowest BCUT2D eigenvalue weighted by atomic mass is 10.3. The molecule has 0 heterocycles. The maximum Gasteiger partial charge on any atom is 0.319 e. The quantitative estimate of drug-likeness (QED) is 0.783. The fourth-order valence-electron chi connectivity index (χ4n) is 1.63. The molecule has 0 fully saturated rings. The summed E-state index contributed by atoms with van der Waals surface area (Å²) in [5.74, 6) is -1.71. The standard InChI is InChI=1S/C15H13BrF2N2O2/c16-11-3-1-2-4-14(11)20-15(21)19-7-8-22-10-5-6-12(17)13(18)9-10/h1-6,9H,7-8H2,(H2,19,20,21). The van der Waals surface area contributed by atoms with Gasteiger partial charge in [0.2, 0.25) is 0 Å². The minimum Gasteiger partial charge on any atom is -0.492 e. The van der Waals surface area contributed by atoms with Gasteiger partial charge in [-0.3, -0.25) is 0 Å². The monoisotopic (exact) mass is 370 g/mol. The number of amides is 2. The van der Waals surface area contributed by atoms with Crippen molar-refractivity contribution in [3.63, 3.8) is 0 Å². The highest BCUT2D eigenvalue weighted by atomic mass is 79.9. The second-order valence-corrected chi connectivity index (χ2v) is 5.14. The van der Waals surface area contributed by atoms with E-state index in [2.05, 4.69) is 26.6 Å². The third-order valence-corrected chi connectivity index (χ3v) is 3.36. The molecule has 0 aromatic heterocycles. The summed E-state index contributed by atoms with van der Waals surface area (Å²) in [6, 6.07) is 10.1. The minimum absolute atomic E-state index is 0.133.